The first-order chi connectivity index (χ1) is 11.7. The van der Waals surface area contributed by atoms with Crippen molar-refractivity contribution in [2.45, 2.75) is 5.75 Å². The Kier molecular flexibility index (Phi) is 5.45. The van der Waals surface area contributed by atoms with Gasteiger partial charge in [-0.1, -0.05) is 17.7 Å². The highest BCUT2D eigenvalue weighted by molar-refractivity contribution is 7.99. The van der Waals surface area contributed by atoms with Gasteiger partial charge in [-0.3, -0.25) is 9.78 Å². The van der Waals surface area contributed by atoms with E-state index in [-0.39, 0.29) is 5.91 Å². The number of benzene rings is 1. The lowest BCUT2D eigenvalue weighted by atomic mass is 10.2. The van der Waals surface area contributed by atoms with Crippen LogP contribution in [0, 0.1) is 0 Å². The molecular weight excluding hydrogens is 346 g/mol. The summed E-state index contributed by atoms with van der Waals surface area (Å²) >= 11 is 7.56. The molecule has 0 bridgehead atoms. The lowest BCUT2D eigenvalue weighted by Crippen LogP contribution is -2.16. The van der Waals surface area contributed by atoms with Crippen molar-refractivity contribution in [3.63, 3.8) is 0 Å². The molecule has 1 N–H and O–H groups in total. The van der Waals surface area contributed by atoms with Crippen LogP contribution in [0.3, 0.4) is 0 Å². The van der Waals surface area contributed by atoms with Crippen LogP contribution in [0.4, 0.5) is 5.69 Å². The average Bonchev–Trinajstić information content (AvgIpc) is 3.10. The largest absolute Gasteiger partial charge is 0.323 e. The van der Waals surface area contributed by atoms with E-state index in [0.29, 0.717) is 22.2 Å². The number of thioether (sulfide) groups is 1. The molecule has 0 saturated heterocycles. The summed E-state index contributed by atoms with van der Waals surface area (Å²) < 4.78 is 1.58. The summed E-state index contributed by atoms with van der Waals surface area (Å²) in [6, 6.07) is 9.09. The molecular formula is C16H14ClN5OS. The maximum atomic E-state index is 12.2. The predicted molar refractivity (Wildman–Crippen MR) is 95.4 cm³/mol. The van der Waals surface area contributed by atoms with Crippen LogP contribution < -0.4 is 5.32 Å². The van der Waals surface area contributed by atoms with E-state index in [1.54, 1.807) is 41.6 Å². The van der Waals surface area contributed by atoms with Crippen molar-refractivity contribution in [1.29, 1.82) is 0 Å². The van der Waals surface area contributed by atoms with Gasteiger partial charge in [-0.05, 0) is 29.8 Å². The summed E-state index contributed by atoms with van der Waals surface area (Å²) in [5.74, 6) is 0.956. The second-order valence-corrected chi connectivity index (χ2v) is 6.33. The van der Waals surface area contributed by atoms with Crippen molar-refractivity contribution in [1.82, 2.24) is 19.7 Å². The molecule has 3 rings (SSSR count). The van der Waals surface area contributed by atoms with Crippen LogP contribution in [-0.2, 0) is 10.5 Å². The van der Waals surface area contributed by atoms with Crippen molar-refractivity contribution in [2.24, 2.45) is 0 Å². The summed E-state index contributed by atoms with van der Waals surface area (Å²) in [6.45, 7) is 0. The first-order valence-corrected chi connectivity index (χ1v) is 8.67. The Morgan fingerprint density at radius 2 is 2.21 bits per heavy atom. The molecule has 24 heavy (non-hydrogen) atoms. The topological polar surface area (TPSA) is 72.7 Å². The number of halogens is 1. The van der Waals surface area contributed by atoms with E-state index in [2.05, 4.69) is 20.4 Å². The molecule has 8 heteroatoms. The van der Waals surface area contributed by atoms with Gasteiger partial charge in [-0.2, -0.15) is 5.10 Å². The van der Waals surface area contributed by atoms with E-state index in [1.165, 1.54) is 18.1 Å². The van der Waals surface area contributed by atoms with Crippen LogP contribution in [0.2, 0.25) is 5.02 Å². The summed E-state index contributed by atoms with van der Waals surface area (Å²) in [5, 5.41) is 7.50. The number of nitrogens with one attached hydrogen (secondary N) is 1. The van der Waals surface area contributed by atoms with Crippen molar-refractivity contribution < 1.29 is 4.79 Å². The highest BCUT2D eigenvalue weighted by Gasteiger charge is 2.10. The minimum atomic E-state index is -0.104. The van der Waals surface area contributed by atoms with Crippen LogP contribution in [0.5, 0.6) is 0 Å². The zero-order valence-electron chi connectivity index (χ0n) is 12.6. The van der Waals surface area contributed by atoms with Crippen LogP contribution in [-0.4, -0.2) is 31.4 Å². The van der Waals surface area contributed by atoms with Crippen molar-refractivity contribution >= 4 is 35.0 Å². The van der Waals surface area contributed by atoms with E-state index in [4.69, 9.17) is 11.6 Å². The number of hydrogen-bond acceptors (Lipinski definition) is 5. The Labute approximate surface area is 148 Å². The molecule has 122 valence electrons. The normalized spacial score (nSPS) is 10.5. The maximum absolute atomic E-state index is 12.2. The molecule has 0 fully saturated rings. The monoisotopic (exact) mass is 359 g/mol. The number of nitrogens with zero attached hydrogens (tertiary/aromatic N) is 4. The average molecular weight is 360 g/mol. The van der Waals surface area contributed by atoms with Crippen molar-refractivity contribution in [2.75, 3.05) is 11.1 Å². The zero-order chi connectivity index (χ0) is 16.8. The van der Waals surface area contributed by atoms with E-state index in [1.807, 2.05) is 12.1 Å². The Bertz CT molecular complexity index is 811. The predicted octanol–water partition coefficient (Wildman–Crippen LogP) is 3.19. The molecule has 2 heterocycles. The number of rotatable bonds is 6. The Morgan fingerprint density at radius 1 is 1.29 bits per heavy atom. The van der Waals surface area contributed by atoms with Gasteiger partial charge in [0.1, 0.15) is 12.7 Å². The third-order valence-corrected chi connectivity index (χ3v) is 4.36. The fourth-order valence-corrected chi connectivity index (χ4v) is 3.01. The van der Waals surface area contributed by atoms with Crippen molar-refractivity contribution in [3.05, 3.63) is 66.0 Å². The van der Waals surface area contributed by atoms with Gasteiger partial charge in [-0.15, -0.1) is 11.8 Å². The van der Waals surface area contributed by atoms with Crippen LogP contribution in [0.15, 0.2) is 55.4 Å². The number of carbonyl (C=O) groups is 1. The fraction of sp³-hybridized carbons (Fsp3) is 0.125. The summed E-state index contributed by atoms with van der Waals surface area (Å²) in [5.41, 5.74) is 2.39. The third kappa shape index (κ3) is 4.33. The SMILES string of the molecule is O=C(CSCc1cccnc1)Nc1cc(Cl)ccc1-n1cncn1. The number of aromatic nitrogens is 4. The van der Waals surface area contributed by atoms with E-state index < -0.39 is 0 Å². The van der Waals surface area contributed by atoms with Gasteiger partial charge in [-0.25, -0.2) is 9.67 Å². The van der Waals surface area contributed by atoms with Gasteiger partial charge < -0.3 is 5.32 Å². The molecule has 0 spiro atoms. The molecule has 0 radical (unpaired) electrons. The highest BCUT2D eigenvalue weighted by Crippen LogP contribution is 2.24. The zero-order valence-corrected chi connectivity index (χ0v) is 14.2. The second-order valence-electron chi connectivity index (χ2n) is 4.90. The highest BCUT2D eigenvalue weighted by atomic mass is 35.5. The number of anilines is 1. The van der Waals surface area contributed by atoms with E-state index >= 15 is 0 Å². The minimum Gasteiger partial charge on any atom is -0.323 e. The first-order valence-electron chi connectivity index (χ1n) is 7.13. The molecule has 0 aliphatic heterocycles. The van der Waals surface area contributed by atoms with E-state index in [9.17, 15) is 4.79 Å². The number of hydrogen-bond donors (Lipinski definition) is 1. The quantitative estimate of drug-likeness (QED) is 0.731. The molecule has 0 saturated carbocycles. The minimum absolute atomic E-state index is 0.104. The Morgan fingerprint density at radius 3 is 2.96 bits per heavy atom. The van der Waals surface area contributed by atoms with Gasteiger partial charge >= 0.3 is 0 Å². The standard InChI is InChI=1S/C16H14ClN5OS/c17-13-3-4-15(22-11-19-10-20-22)14(6-13)21-16(23)9-24-8-12-2-1-5-18-7-12/h1-7,10-11H,8-9H2,(H,21,23). The van der Waals surface area contributed by atoms with Gasteiger partial charge in [0.05, 0.1) is 17.1 Å². The van der Waals surface area contributed by atoms with Gasteiger partial charge in [0.25, 0.3) is 0 Å². The van der Waals surface area contributed by atoms with E-state index in [0.717, 1.165) is 11.3 Å². The molecule has 0 unspecified atom stereocenters. The molecule has 1 aromatic carbocycles. The Hall–Kier alpha value is -2.38. The van der Waals surface area contributed by atoms with Crippen LogP contribution in [0.1, 0.15) is 5.56 Å². The summed E-state index contributed by atoms with van der Waals surface area (Å²) in [7, 11) is 0. The van der Waals surface area contributed by atoms with Crippen molar-refractivity contribution in [3.8, 4) is 5.69 Å². The number of carbonyl (C=O) groups excluding carboxylic acids is 1. The lowest BCUT2D eigenvalue weighted by molar-refractivity contribution is -0.113. The molecule has 2 aromatic heterocycles. The fourth-order valence-electron chi connectivity index (χ4n) is 2.07. The van der Waals surface area contributed by atoms with Crippen LogP contribution >= 0.6 is 23.4 Å². The Balaban J connectivity index is 1.63. The maximum Gasteiger partial charge on any atom is 0.234 e. The molecule has 0 aliphatic carbocycles. The van der Waals surface area contributed by atoms with Gasteiger partial charge in [0.2, 0.25) is 5.91 Å². The van der Waals surface area contributed by atoms with Gasteiger partial charge in [0, 0.05) is 23.2 Å². The number of amides is 1. The third-order valence-electron chi connectivity index (χ3n) is 3.12. The molecule has 3 aromatic rings. The second kappa shape index (κ2) is 7.94. The molecule has 0 aliphatic rings. The van der Waals surface area contributed by atoms with Gasteiger partial charge in [0.15, 0.2) is 0 Å². The molecule has 6 nitrogen and oxygen atoms in total. The summed E-state index contributed by atoms with van der Waals surface area (Å²) in [6.07, 6.45) is 6.52. The molecule has 0 atom stereocenters. The lowest BCUT2D eigenvalue weighted by Gasteiger charge is -2.11. The smallest absolute Gasteiger partial charge is 0.234 e. The first kappa shape index (κ1) is 16.5. The number of pyridine rings is 1. The summed E-state index contributed by atoms with van der Waals surface area (Å²) in [4.78, 5) is 20.2. The molecule has 1 amide bonds. The van der Waals surface area contributed by atoms with Crippen LogP contribution in [0.25, 0.3) is 5.69 Å².